The molecular formula is C33H39N3O8. The third-order valence-corrected chi connectivity index (χ3v) is 9.56. The number of Topliss-reactive ketones (excluding diaryl/α,β-unsaturated/α-hetero) is 2. The second kappa shape index (κ2) is 11.4. The monoisotopic (exact) mass is 605 g/mol. The van der Waals surface area contributed by atoms with Crippen LogP contribution in [0.2, 0.25) is 0 Å². The Morgan fingerprint density at radius 2 is 1.82 bits per heavy atom. The lowest BCUT2D eigenvalue weighted by atomic mass is 9.57. The van der Waals surface area contributed by atoms with Crippen LogP contribution in [0, 0.1) is 11.8 Å². The minimum absolute atomic E-state index is 0.000968. The molecule has 0 spiro atoms. The number of amides is 1. The minimum Gasteiger partial charge on any atom is -0.508 e. The molecule has 1 fully saturated rings. The van der Waals surface area contributed by atoms with Crippen molar-refractivity contribution < 1.29 is 39.5 Å². The molecule has 0 aliphatic heterocycles. The first-order valence-electron chi connectivity index (χ1n) is 14.6. The fourth-order valence-electron chi connectivity index (χ4n) is 7.41. The van der Waals surface area contributed by atoms with Crippen molar-refractivity contribution in [1.29, 1.82) is 0 Å². The predicted molar refractivity (Wildman–Crippen MR) is 162 cm³/mol. The summed E-state index contributed by atoms with van der Waals surface area (Å²) >= 11 is 0. The zero-order valence-corrected chi connectivity index (χ0v) is 25.5. The zero-order chi connectivity index (χ0) is 32.2. The van der Waals surface area contributed by atoms with Crippen LogP contribution in [-0.2, 0) is 27.3 Å². The SMILES string of the molecule is CCN(Cc1cc(O)c2c(c1OC)C[C@H]1C[C@H]3[C@H](N(C)C)C(=O)C(C(N)=O)=C(O)[C@@]3(O)C(=O)C1=C2O)C(C)c1ccccc1. The Kier molecular flexibility index (Phi) is 8.08. The Labute approximate surface area is 255 Å². The molecule has 3 aliphatic rings. The number of ketones is 2. The number of aliphatic hydroxyl groups is 3. The molecule has 5 rings (SSSR count). The quantitative estimate of drug-likeness (QED) is 0.281. The summed E-state index contributed by atoms with van der Waals surface area (Å²) < 4.78 is 5.88. The van der Waals surface area contributed by atoms with E-state index in [4.69, 9.17) is 10.5 Å². The van der Waals surface area contributed by atoms with E-state index in [1.807, 2.05) is 25.1 Å². The van der Waals surface area contributed by atoms with Crippen molar-refractivity contribution in [2.75, 3.05) is 27.7 Å². The minimum atomic E-state index is -2.68. The predicted octanol–water partition coefficient (Wildman–Crippen LogP) is 2.56. The molecule has 3 aliphatic carbocycles. The van der Waals surface area contributed by atoms with Crippen molar-refractivity contribution in [2.45, 2.75) is 50.9 Å². The van der Waals surface area contributed by atoms with Crippen molar-refractivity contribution >= 4 is 23.2 Å². The van der Waals surface area contributed by atoms with E-state index in [-0.39, 0.29) is 35.8 Å². The molecule has 234 valence electrons. The average molecular weight is 606 g/mol. The van der Waals surface area contributed by atoms with Gasteiger partial charge < -0.3 is 30.9 Å². The maximum absolute atomic E-state index is 14.1. The van der Waals surface area contributed by atoms with Crippen molar-refractivity contribution in [1.82, 2.24) is 9.80 Å². The first-order valence-corrected chi connectivity index (χ1v) is 14.6. The van der Waals surface area contributed by atoms with Gasteiger partial charge in [0, 0.05) is 35.2 Å². The number of nitrogens with two attached hydrogens (primary N) is 1. The van der Waals surface area contributed by atoms with Gasteiger partial charge in [0.05, 0.1) is 18.7 Å². The normalized spacial score (nSPS) is 25.6. The highest BCUT2D eigenvalue weighted by molar-refractivity contribution is 6.24. The standard InChI is InChI=1S/C33H39N3O8/c1-6-36(16(2)17-10-8-7-9-11-17)15-19-14-22(37)24-20(29(19)44-5)12-18-13-21-26(35(3)4)28(39)25(32(34)42)31(41)33(21,43)30(40)23(18)27(24)38/h7-11,14,16,18,21,26,37-38,41,43H,6,12-13,15H2,1-5H3,(H2,34,42)/t16?,18-,21-,26-,33-/m0/s1. The number of hydrogen-bond acceptors (Lipinski definition) is 10. The second-order valence-corrected chi connectivity index (χ2v) is 12.1. The number of methoxy groups -OCH3 is 1. The van der Waals surface area contributed by atoms with Gasteiger partial charge in [0.1, 0.15) is 28.6 Å². The van der Waals surface area contributed by atoms with Crippen LogP contribution >= 0.6 is 0 Å². The number of ether oxygens (including phenoxy) is 1. The molecule has 0 bridgehead atoms. The lowest BCUT2D eigenvalue weighted by Gasteiger charge is -2.50. The molecule has 11 nitrogen and oxygen atoms in total. The van der Waals surface area contributed by atoms with Gasteiger partial charge in [-0.25, -0.2) is 0 Å². The zero-order valence-electron chi connectivity index (χ0n) is 25.5. The highest BCUT2D eigenvalue weighted by Gasteiger charge is 2.64. The van der Waals surface area contributed by atoms with Crippen LogP contribution in [0.25, 0.3) is 5.76 Å². The number of fused-ring (bicyclic) bond motifs is 3. The summed E-state index contributed by atoms with van der Waals surface area (Å²) in [5, 5.41) is 45.6. The van der Waals surface area contributed by atoms with Gasteiger partial charge >= 0.3 is 0 Å². The molecule has 0 aromatic heterocycles. The largest absolute Gasteiger partial charge is 0.508 e. The maximum Gasteiger partial charge on any atom is 0.255 e. The number of likely N-dealkylation sites (N-methyl/N-ethyl adjacent to an activating group) is 1. The third-order valence-electron chi connectivity index (χ3n) is 9.56. The topological polar surface area (TPSA) is 174 Å². The number of nitrogens with zero attached hydrogens (tertiary/aromatic N) is 2. The van der Waals surface area contributed by atoms with Crippen molar-refractivity contribution in [3.63, 3.8) is 0 Å². The van der Waals surface area contributed by atoms with Crippen LogP contribution in [0.3, 0.4) is 0 Å². The molecule has 1 unspecified atom stereocenters. The average Bonchev–Trinajstić information content (AvgIpc) is 2.97. The van der Waals surface area contributed by atoms with E-state index < -0.39 is 58.0 Å². The number of aromatic hydroxyl groups is 1. The van der Waals surface area contributed by atoms with E-state index in [1.54, 1.807) is 14.1 Å². The van der Waals surface area contributed by atoms with Crippen LogP contribution in [0.5, 0.6) is 11.5 Å². The summed E-state index contributed by atoms with van der Waals surface area (Å²) in [4.78, 5) is 43.2. The Morgan fingerprint density at radius 1 is 1.16 bits per heavy atom. The van der Waals surface area contributed by atoms with E-state index in [0.717, 1.165) is 5.56 Å². The molecule has 2 aromatic rings. The van der Waals surface area contributed by atoms with Gasteiger partial charge in [-0.3, -0.25) is 24.2 Å². The van der Waals surface area contributed by atoms with E-state index in [1.165, 1.54) is 18.1 Å². The molecule has 0 radical (unpaired) electrons. The molecule has 44 heavy (non-hydrogen) atoms. The molecule has 6 N–H and O–H groups in total. The molecular weight excluding hydrogens is 566 g/mol. The molecule has 0 saturated heterocycles. The number of hydrogen-bond donors (Lipinski definition) is 5. The Balaban J connectivity index is 1.62. The van der Waals surface area contributed by atoms with E-state index >= 15 is 0 Å². The number of aliphatic hydroxyl groups excluding tert-OH is 2. The highest BCUT2D eigenvalue weighted by Crippen LogP contribution is 2.54. The fourth-order valence-corrected chi connectivity index (χ4v) is 7.41. The fraction of sp³-hybridized carbons (Fsp3) is 0.424. The number of carbonyl (C=O) groups excluding carboxylic acids is 3. The van der Waals surface area contributed by atoms with E-state index in [9.17, 15) is 34.8 Å². The van der Waals surface area contributed by atoms with Crippen LogP contribution in [0.15, 0.2) is 53.3 Å². The van der Waals surface area contributed by atoms with Crippen molar-refractivity contribution in [3.05, 3.63) is 75.6 Å². The molecule has 0 heterocycles. The lowest BCUT2D eigenvalue weighted by molar-refractivity contribution is -0.153. The van der Waals surface area contributed by atoms with Crippen LogP contribution in [0.1, 0.15) is 48.6 Å². The first-order chi connectivity index (χ1) is 20.8. The second-order valence-electron chi connectivity index (χ2n) is 12.1. The smallest absolute Gasteiger partial charge is 0.255 e. The summed E-state index contributed by atoms with van der Waals surface area (Å²) in [7, 11) is 4.64. The molecule has 5 atom stereocenters. The van der Waals surface area contributed by atoms with E-state index in [0.29, 0.717) is 30.0 Å². The summed E-state index contributed by atoms with van der Waals surface area (Å²) in [6.45, 7) is 5.26. The Morgan fingerprint density at radius 3 is 2.39 bits per heavy atom. The maximum atomic E-state index is 14.1. The van der Waals surface area contributed by atoms with Gasteiger partial charge in [0.15, 0.2) is 11.4 Å². The van der Waals surface area contributed by atoms with E-state index in [2.05, 4.69) is 24.0 Å². The molecule has 1 saturated carbocycles. The number of benzene rings is 2. The van der Waals surface area contributed by atoms with Crippen LogP contribution in [-0.4, -0.2) is 87.1 Å². The van der Waals surface area contributed by atoms with Gasteiger partial charge in [-0.05, 0) is 58.0 Å². The van der Waals surface area contributed by atoms with Crippen molar-refractivity contribution in [3.8, 4) is 11.5 Å². The number of rotatable bonds is 8. The number of carbonyl (C=O) groups is 3. The third kappa shape index (κ3) is 4.58. The van der Waals surface area contributed by atoms with Crippen LogP contribution in [0.4, 0.5) is 0 Å². The van der Waals surface area contributed by atoms with Crippen LogP contribution < -0.4 is 10.5 Å². The summed E-state index contributed by atoms with van der Waals surface area (Å²) in [5.74, 6) is -6.42. The first kappa shape index (κ1) is 31.2. The Bertz CT molecular complexity index is 1600. The number of phenols is 1. The molecule has 2 aromatic carbocycles. The summed E-state index contributed by atoms with van der Waals surface area (Å²) in [6, 6.07) is 10.4. The lowest BCUT2D eigenvalue weighted by Crippen LogP contribution is -2.65. The highest BCUT2D eigenvalue weighted by atomic mass is 16.5. The summed E-state index contributed by atoms with van der Waals surface area (Å²) in [6.07, 6.45) is 0.158. The molecule has 1 amide bonds. The number of phenolic OH excluding ortho intramolecular Hbond substituents is 1. The molecule has 11 heteroatoms. The number of primary amides is 1. The van der Waals surface area contributed by atoms with Gasteiger partial charge in [0.2, 0.25) is 5.78 Å². The summed E-state index contributed by atoms with van der Waals surface area (Å²) in [5.41, 5.74) is 3.98. The van der Waals surface area contributed by atoms with Gasteiger partial charge in [0.25, 0.3) is 5.91 Å². The van der Waals surface area contributed by atoms with Gasteiger partial charge in [-0.2, -0.15) is 0 Å². The Hall–Kier alpha value is -4.19. The van der Waals surface area contributed by atoms with Crippen molar-refractivity contribution in [2.24, 2.45) is 17.6 Å². The van der Waals surface area contributed by atoms with Gasteiger partial charge in [-0.1, -0.05) is 37.3 Å². The van der Waals surface area contributed by atoms with Gasteiger partial charge in [-0.15, -0.1) is 0 Å².